The van der Waals surface area contributed by atoms with Crippen LogP contribution in [0, 0.1) is 0 Å². The van der Waals surface area contributed by atoms with Crippen LogP contribution < -0.4 is 10.6 Å². The van der Waals surface area contributed by atoms with Gasteiger partial charge in [-0.3, -0.25) is 10.1 Å². The first kappa shape index (κ1) is 16.9. The lowest BCUT2D eigenvalue weighted by Crippen LogP contribution is -2.37. The highest BCUT2D eigenvalue weighted by molar-refractivity contribution is 7.10. The van der Waals surface area contributed by atoms with Crippen LogP contribution in [-0.2, 0) is 4.79 Å². The highest BCUT2D eigenvalue weighted by Crippen LogP contribution is 2.25. The van der Waals surface area contributed by atoms with Crippen molar-refractivity contribution in [3.63, 3.8) is 0 Å². The number of rotatable bonds is 7. The molecule has 0 radical (unpaired) electrons. The van der Waals surface area contributed by atoms with Gasteiger partial charge in [-0.05, 0) is 35.4 Å². The molecule has 5 heteroatoms. The second kappa shape index (κ2) is 8.24. The van der Waals surface area contributed by atoms with Crippen molar-refractivity contribution in [3.05, 3.63) is 80.7 Å². The zero-order valence-corrected chi connectivity index (χ0v) is 15.1. The third-order valence-electron chi connectivity index (χ3n) is 3.77. The van der Waals surface area contributed by atoms with Crippen LogP contribution in [0.15, 0.2) is 65.4 Å². The Morgan fingerprint density at radius 1 is 0.958 bits per heavy atom. The second-order valence-corrected chi connectivity index (χ2v) is 7.50. The van der Waals surface area contributed by atoms with Crippen molar-refractivity contribution in [2.75, 3.05) is 6.54 Å². The minimum atomic E-state index is 0.00777. The van der Waals surface area contributed by atoms with Crippen molar-refractivity contribution < 1.29 is 4.79 Å². The van der Waals surface area contributed by atoms with E-state index in [1.165, 1.54) is 15.3 Å². The molecule has 3 aromatic rings. The minimum absolute atomic E-state index is 0.00777. The van der Waals surface area contributed by atoms with Crippen LogP contribution in [0.25, 0.3) is 0 Å². The molecule has 0 aliphatic rings. The summed E-state index contributed by atoms with van der Waals surface area (Å²) in [5.74, 6) is 0.00777. The molecule has 2 atom stereocenters. The molecule has 124 valence electrons. The number of carbonyl (C=O) groups excluding carboxylic acids is 1. The third-order valence-corrected chi connectivity index (χ3v) is 5.77. The predicted octanol–water partition coefficient (Wildman–Crippen LogP) is 4.37. The van der Waals surface area contributed by atoms with Gasteiger partial charge < -0.3 is 5.32 Å². The molecule has 0 saturated heterocycles. The Bertz CT molecular complexity index is 739. The quantitative estimate of drug-likeness (QED) is 0.660. The molecule has 3 rings (SSSR count). The Morgan fingerprint density at radius 2 is 1.62 bits per heavy atom. The molecular formula is C19H20N2OS2. The number of thiophene rings is 2. The number of amides is 1. The fourth-order valence-electron chi connectivity index (χ4n) is 2.58. The van der Waals surface area contributed by atoms with Crippen LogP contribution in [0.3, 0.4) is 0 Å². The number of hydrogen-bond donors (Lipinski definition) is 2. The Hall–Kier alpha value is -1.95. The van der Waals surface area contributed by atoms with Gasteiger partial charge in [0.05, 0.1) is 18.6 Å². The Labute approximate surface area is 150 Å². The lowest BCUT2D eigenvalue weighted by Gasteiger charge is -2.19. The molecule has 0 fully saturated rings. The van der Waals surface area contributed by atoms with Crippen molar-refractivity contribution in [1.82, 2.24) is 10.6 Å². The monoisotopic (exact) mass is 356 g/mol. The van der Waals surface area contributed by atoms with Gasteiger partial charge in [-0.2, -0.15) is 0 Å². The first-order valence-corrected chi connectivity index (χ1v) is 9.64. The average molecular weight is 357 g/mol. The van der Waals surface area contributed by atoms with Crippen molar-refractivity contribution in [1.29, 1.82) is 0 Å². The lowest BCUT2D eigenvalue weighted by atomic mass is 10.1. The fourth-order valence-corrected chi connectivity index (χ4v) is 4.14. The van der Waals surface area contributed by atoms with Gasteiger partial charge in [-0.15, -0.1) is 22.7 Å². The molecule has 2 heterocycles. The number of carbonyl (C=O) groups is 1. The molecule has 2 N–H and O–H groups in total. The zero-order valence-electron chi connectivity index (χ0n) is 13.4. The van der Waals surface area contributed by atoms with E-state index >= 15 is 0 Å². The van der Waals surface area contributed by atoms with E-state index < -0.39 is 0 Å². The van der Waals surface area contributed by atoms with Crippen LogP contribution in [-0.4, -0.2) is 12.5 Å². The SMILES string of the molecule is C[C@@H](NC(=O)CN[C@@H](c1ccccc1)c1cccs1)c1cccs1. The molecule has 3 nitrogen and oxygen atoms in total. The number of nitrogens with one attached hydrogen (secondary N) is 2. The summed E-state index contributed by atoms with van der Waals surface area (Å²) in [6, 6.07) is 18.5. The van der Waals surface area contributed by atoms with E-state index in [4.69, 9.17) is 0 Å². The van der Waals surface area contributed by atoms with Crippen LogP contribution in [0.2, 0.25) is 0 Å². The number of benzene rings is 1. The second-order valence-electron chi connectivity index (χ2n) is 5.54. The Balaban J connectivity index is 1.62. The van der Waals surface area contributed by atoms with Crippen molar-refractivity contribution in [3.8, 4) is 0 Å². The van der Waals surface area contributed by atoms with Gasteiger partial charge in [0.15, 0.2) is 0 Å². The lowest BCUT2D eigenvalue weighted by molar-refractivity contribution is -0.120. The predicted molar refractivity (Wildman–Crippen MR) is 101 cm³/mol. The summed E-state index contributed by atoms with van der Waals surface area (Å²) in [5, 5.41) is 10.5. The van der Waals surface area contributed by atoms with Gasteiger partial charge in [0.25, 0.3) is 0 Å². The number of hydrogen-bond acceptors (Lipinski definition) is 4. The molecule has 24 heavy (non-hydrogen) atoms. The summed E-state index contributed by atoms with van der Waals surface area (Å²) in [5.41, 5.74) is 1.17. The summed E-state index contributed by atoms with van der Waals surface area (Å²) in [7, 11) is 0. The topological polar surface area (TPSA) is 41.1 Å². The average Bonchev–Trinajstić information content (AvgIpc) is 3.30. The largest absolute Gasteiger partial charge is 0.348 e. The molecular weight excluding hydrogens is 336 g/mol. The standard InChI is InChI=1S/C19H20N2OS2/c1-14(16-9-5-11-23-16)21-18(22)13-20-19(17-10-6-12-24-17)15-7-3-2-4-8-15/h2-12,14,19-20H,13H2,1H3,(H,21,22)/t14-,19+/m1/s1. The summed E-state index contributed by atoms with van der Waals surface area (Å²) in [4.78, 5) is 14.7. The summed E-state index contributed by atoms with van der Waals surface area (Å²) >= 11 is 3.36. The van der Waals surface area contributed by atoms with E-state index in [1.54, 1.807) is 22.7 Å². The summed E-state index contributed by atoms with van der Waals surface area (Å²) < 4.78 is 0. The molecule has 1 amide bonds. The molecule has 2 aromatic heterocycles. The van der Waals surface area contributed by atoms with Gasteiger partial charge in [-0.1, -0.05) is 42.5 Å². The maximum atomic E-state index is 12.3. The first-order chi connectivity index (χ1) is 11.7. The maximum Gasteiger partial charge on any atom is 0.234 e. The zero-order chi connectivity index (χ0) is 16.8. The van der Waals surface area contributed by atoms with Gasteiger partial charge >= 0.3 is 0 Å². The summed E-state index contributed by atoms with van der Waals surface area (Å²) in [6.45, 7) is 2.30. The van der Waals surface area contributed by atoms with Gasteiger partial charge in [0.2, 0.25) is 5.91 Å². The highest BCUT2D eigenvalue weighted by atomic mass is 32.1. The van der Waals surface area contributed by atoms with Crippen molar-refractivity contribution >= 4 is 28.6 Å². The summed E-state index contributed by atoms with van der Waals surface area (Å²) in [6.07, 6.45) is 0. The van der Waals surface area contributed by atoms with Gasteiger partial charge in [0.1, 0.15) is 0 Å². The molecule has 0 saturated carbocycles. The Morgan fingerprint density at radius 3 is 2.25 bits per heavy atom. The smallest absolute Gasteiger partial charge is 0.234 e. The van der Waals surface area contributed by atoms with E-state index in [-0.39, 0.29) is 24.5 Å². The van der Waals surface area contributed by atoms with Gasteiger partial charge in [-0.25, -0.2) is 0 Å². The molecule has 0 bridgehead atoms. The minimum Gasteiger partial charge on any atom is -0.348 e. The van der Waals surface area contributed by atoms with Gasteiger partial charge in [0, 0.05) is 9.75 Å². The molecule has 0 spiro atoms. The highest BCUT2D eigenvalue weighted by Gasteiger charge is 2.17. The van der Waals surface area contributed by atoms with Crippen LogP contribution >= 0.6 is 22.7 Å². The fraction of sp³-hybridized carbons (Fsp3) is 0.211. The van der Waals surface area contributed by atoms with E-state index in [1.807, 2.05) is 48.7 Å². The van der Waals surface area contributed by atoms with Crippen LogP contribution in [0.4, 0.5) is 0 Å². The van der Waals surface area contributed by atoms with Crippen LogP contribution in [0.5, 0.6) is 0 Å². The molecule has 0 unspecified atom stereocenters. The van der Waals surface area contributed by atoms with E-state index in [9.17, 15) is 4.79 Å². The van der Waals surface area contributed by atoms with Crippen molar-refractivity contribution in [2.45, 2.75) is 19.0 Å². The van der Waals surface area contributed by atoms with Crippen LogP contribution in [0.1, 0.15) is 34.3 Å². The third kappa shape index (κ3) is 4.32. The molecule has 0 aliphatic heterocycles. The maximum absolute atomic E-state index is 12.3. The molecule has 1 aromatic carbocycles. The van der Waals surface area contributed by atoms with E-state index in [0.717, 1.165) is 0 Å². The Kier molecular flexibility index (Phi) is 5.80. The van der Waals surface area contributed by atoms with Crippen molar-refractivity contribution in [2.24, 2.45) is 0 Å². The normalized spacial score (nSPS) is 13.4. The first-order valence-electron chi connectivity index (χ1n) is 7.88. The van der Waals surface area contributed by atoms with E-state index in [2.05, 4.69) is 34.2 Å². The molecule has 0 aliphatic carbocycles. The van der Waals surface area contributed by atoms with E-state index in [0.29, 0.717) is 0 Å².